The molecule has 0 rings (SSSR count). The maximum absolute atomic E-state index is 10.7. The lowest BCUT2D eigenvalue weighted by atomic mass is 10.4. The second kappa shape index (κ2) is 5.15. The summed E-state index contributed by atoms with van der Waals surface area (Å²) in [5.74, 6) is -1.20. The summed E-state index contributed by atoms with van der Waals surface area (Å²) in [5, 5.41) is 0. The molecule has 0 fully saturated rings. The number of nitrogens with two attached hydrogens (primary N) is 1. The standard InChI is InChI=1S/C6H13NO5S/c1-2-6(8)12-5(3-7)4-13(9,10)11/h5H,2-4,7H2,1H3,(H,9,10,11). The zero-order valence-electron chi connectivity index (χ0n) is 7.26. The highest BCUT2D eigenvalue weighted by molar-refractivity contribution is 7.85. The maximum Gasteiger partial charge on any atom is 0.305 e. The predicted octanol–water partition coefficient (Wildman–Crippen LogP) is -0.845. The van der Waals surface area contributed by atoms with E-state index in [4.69, 9.17) is 10.3 Å². The summed E-state index contributed by atoms with van der Waals surface area (Å²) in [6.07, 6.45) is -0.829. The minimum Gasteiger partial charge on any atom is -0.460 e. The molecule has 0 amide bonds. The van der Waals surface area contributed by atoms with Gasteiger partial charge in [-0.15, -0.1) is 0 Å². The lowest BCUT2D eigenvalue weighted by Crippen LogP contribution is -2.33. The van der Waals surface area contributed by atoms with Crippen molar-refractivity contribution in [1.82, 2.24) is 0 Å². The highest BCUT2D eigenvalue weighted by Gasteiger charge is 2.18. The van der Waals surface area contributed by atoms with Gasteiger partial charge in [-0.1, -0.05) is 6.92 Å². The summed E-state index contributed by atoms with van der Waals surface area (Å²) >= 11 is 0. The molecule has 0 aliphatic carbocycles. The Morgan fingerprint density at radius 2 is 2.15 bits per heavy atom. The van der Waals surface area contributed by atoms with Crippen LogP contribution in [0.3, 0.4) is 0 Å². The summed E-state index contributed by atoms with van der Waals surface area (Å²) in [6.45, 7) is 1.44. The van der Waals surface area contributed by atoms with E-state index in [1.54, 1.807) is 6.92 Å². The summed E-state index contributed by atoms with van der Waals surface area (Å²) in [7, 11) is -4.15. The zero-order valence-corrected chi connectivity index (χ0v) is 8.08. The Bertz CT molecular complexity index is 260. The number of carbonyl (C=O) groups excluding carboxylic acids is 1. The number of esters is 1. The monoisotopic (exact) mass is 211 g/mol. The number of rotatable bonds is 5. The van der Waals surface area contributed by atoms with Gasteiger partial charge in [-0.2, -0.15) is 8.42 Å². The van der Waals surface area contributed by atoms with Crippen molar-refractivity contribution in [3.05, 3.63) is 0 Å². The van der Waals surface area contributed by atoms with Crippen LogP contribution in [0.25, 0.3) is 0 Å². The van der Waals surface area contributed by atoms with E-state index in [0.717, 1.165) is 0 Å². The molecule has 0 aromatic carbocycles. The Balaban J connectivity index is 4.13. The van der Waals surface area contributed by atoms with E-state index in [1.807, 2.05) is 0 Å². The number of ether oxygens (including phenoxy) is 1. The molecule has 0 aliphatic heterocycles. The van der Waals surface area contributed by atoms with Gasteiger partial charge in [0.05, 0.1) is 0 Å². The van der Waals surface area contributed by atoms with Crippen molar-refractivity contribution in [2.45, 2.75) is 19.4 Å². The molecule has 0 bridgehead atoms. The third-order valence-electron chi connectivity index (χ3n) is 1.25. The van der Waals surface area contributed by atoms with Gasteiger partial charge in [0.2, 0.25) is 0 Å². The lowest BCUT2D eigenvalue weighted by Gasteiger charge is -2.13. The normalized spacial score (nSPS) is 13.8. The van der Waals surface area contributed by atoms with E-state index in [0.29, 0.717) is 0 Å². The van der Waals surface area contributed by atoms with E-state index in [9.17, 15) is 13.2 Å². The van der Waals surface area contributed by atoms with Gasteiger partial charge >= 0.3 is 5.97 Å². The van der Waals surface area contributed by atoms with Gasteiger partial charge in [0.25, 0.3) is 10.1 Å². The van der Waals surface area contributed by atoms with Crippen molar-refractivity contribution < 1.29 is 22.5 Å². The van der Waals surface area contributed by atoms with E-state index in [1.165, 1.54) is 0 Å². The van der Waals surface area contributed by atoms with Gasteiger partial charge in [-0.25, -0.2) is 0 Å². The lowest BCUT2D eigenvalue weighted by molar-refractivity contribution is -0.147. The Kier molecular flexibility index (Phi) is 4.89. The fraction of sp³-hybridized carbons (Fsp3) is 0.833. The SMILES string of the molecule is CCC(=O)OC(CN)CS(=O)(=O)O. The van der Waals surface area contributed by atoms with Gasteiger partial charge in [-0.05, 0) is 0 Å². The van der Waals surface area contributed by atoms with Crippen molar-refractivity contribution in [2.75, 3.05) is 12.3 Å². The molecule has 0 saturated carbocycles. The van der Waals surface area contributed by atoms with Crippen LogP contribution in [0.15, 0.2) is 0 Å². The molecule has 1 unspecified atom stereocenters. The van der Waals surface area contributed by atoms with E-state index >= 15 is 0 Å². The molecule has 0 spiro atoms. The number of hydrogen-bond acceptors (Lipinski definition) is 5. The second-order valence-electron chi connectivity index (χ2n) is 2.45. The quantitative estimate of drug-likeness (QED) is 0.453. The van der Waals surface area contributed by atoms with Crippen LogP contribution in [0.1, 0.15) is 13.3 Å². The van der Waals surface area contributed by atoms with Crippen LogP contribution < -0.4 is 5.73 Å². The minimum absolute atomic E-state index is 0.133. The van der Waals surface area contributed by atoms with Crippen LogP contribution in [0.5, 0.6) is 0 Å². The molecule has 0 saturated heterocycles. The molecule has 3 N–H and O–H groups in total. The van der Waals surface area contributed by atoms with Gasteiger partial charge in [0.1, 0.15) is 11.9 Å². The molecular weight excluding hydrogens is 198 g/mol. The van der Waals surface area contributed by atoms with Crippen LogP contribution in [-0.2, 0) is 19.6 Å². The maximum atomic E-state index is 10.7. The van der Waals surface area contributed by atoms with E-state index < -0.39 is 27.9 Å². The molecule has 0 aliphatic rings. The number of hydrogen-bond donors (Lipinski definition) is 2. The number of carbonyl (C=O) groups is 1. The van der Waals surface area contributed by atoms with Crippen molar-refractivity contribution in [1.29, 1.82) is 0 Å². The third kappa shape index (κ3) is 6.50. The van der Waals surface area contributed by atoms with Gasteiger partial charge in [0.15, 0.2) is 0 Å². The fourth-order valence-electron chi connectivity index (χ4n) is 0.654. The first kappa shape index (κ1) is 12.3. The predicted molar refractivity (Wildman–Crippen MR) is 45.6 cm³/mol. The molecule has 0 aromatic rings. The van der Waals surface area contributed by atoms with Crippen LogP contribution in [0.2, 0.25) is 0 Å². The van der Waals surface area contributed by atoms with Gasteiger partial charge in [0, 0.05) is 13.0 Å². The first-order valence-electron chi connectivity index (χ1n) is 3.73. The average molecular weight is 211 g/mol. The summed E-state index contributed by atoms with van der Waals surface area (Å²) in [4.78, 5) is 10.7. The van der Waals surface area contributed by atoms with Crippen molar-refractivity contribution in [3.63, 3.8) is 0 Å². The molecule has 78 valence electrons. The molecule has 0 heterocycles. The summed E-state index contributed by atoms with van der Waals surface area (Å²) < 4.78 is 33.8. The zero-order chi connectivity index (χ0) is 10.5. The van der Waals surface area contributed by atoms with Crippen molar-refractivity contribution in [3.8, 4) is 0 Å². The molecule has 13 heavy (non-hydrogen) atoms. The molecule has 7 heteroatoms. The van der Waals surface area contributed by atoms with E-state index in [2.05, 4.69) is 4.74 Å². The Labute approximate surface area is 76.8 Å². The largest absolute Gasteiger partial charge is 0.460 e. The van der Waals surface area contributed by atoms with Crippen LogP contribution in [-0.4, -0.2) is 37.3 Å². The van der Waals surface area contributed by atoms with Crippen LogP contribution in [0, 0.1) is 0 Å². The van der Waals surface area contributed by atoms with Crippen molar-refractivity contribution >= 4 is 16.1 Å². The van der Waals surface area contributed by atoms with Crippen LogP contribution in [0.4, 0.5) is 0 Å². The Morgan fingerprint density at radius 1 is 1.62 bits per heavy atom. The van der Waals surface area contributed by atoms with Crippen LogP contribution >= 0.6 is 0 Å². The minimum atomic E-state index is -4.15. The molecule has 0 radical (unpaired) electrons. The summed E-state index contributed by atoms with van der Waals surface area (Å²) in [6, 6.07) is 0. The van der Waals surface area contributed by atoms with Crippen molar-refractivity contribution in [2.24, 2.45) is 5.73 Å². The Morgan fingerprint density at radius 3 is 2.46 bits per heavy atom. The average Bonchev–Trinajstić information content (AvgIpc) is 2.00. The topological polar surface area (TPSA) is 107 Å². The highest BCUT2D eigenvalue weighted by Crippen LogP contribution is 1.97. The Hall–Kier alpha value is -0.660. The smallest absolute Gasteiger partial charge is 0.305 e. The van der Waals surface area contributed by atoms with Gasteiger partial charge < -0.3 is 10.5 Å². The van der Waals surface area contributed by atoms with Gasteiger partial charge in [-0.3, -0.25) is 9.35 Å². The fourth-order valence-corrected chi connectivity index (χ4v) is 1.33. The molecule has 6 nitrogen and oxygen atoms in total. The third-order valence-corrected chi connectivity index (χ3v) is 2.04. The molecule has 1 atom stereocenters. The highest BCUT2D eigenvalue weighted by atomic mass is 32.2. The first-order valence-corrected chi connectivity index (χ1v) is 5.34. The second-order valence-corrected chi connectivity index (χ2v) is 3.95. The first-order chi connectivity index (χ1) is 5.89. The molecule has 0 aromatic heterocycles. The van der Waals surface area contributed by atoms with E-state index in [-0.39, 0.29) is 13.0 Å². The summed E-state index contributed by atoms with van der Waals surface area (Å²) in [5.41, 5.74) is 5.13. The molecular formula is C6H13NO5S.